The molecule has 1 N–H and O–H groups in total. The van der Waals surface area contributed by atoms with Crippen molar-refractivity contribution in [2.75, 3.05) is 27.1 Å². The molecule has 1 amide bonds. The molecule has 1 aliphatic rings. The summed E-state index contributed by atoms with van der Waals surface area (Å²) < 4.78 is 21.3. The van der Waals surface area contributed by atoms with Crippen LogP contribution in [-0.2, 0) is 11.2 Å². The minimum Gasteiger partial charge on any atom is -0.493 e. The predicted molar refractivity (Wildman–Crippen MR) is 92.4 cm³/mol. The van der Waals surface area contributed by atoms with Crippen molar-refractivity contribution in [3.8, 4) is 23.0 Å². The van der Waals surface area contributed by atoms with Crippen molar-refractivity contribution >= 4 is 5.91 Å². The Balaban J connectivity index is 1.37. The summed E-state index contributed by atoms with van der Waals surface area (Å²) in [6.07, 6.45) is 1.68. The Morgan fingerprint density at radius 3 is 2.76 bits per heavy atom. The van der Waals surface area contributed by atoms with Crippen molar-refractivity contribution in [1.82, 2.24) is 5.32 Å². The highest BCUT2D eigenvalue weighted by Crippen LogP contribution is 2.32. The van der Waals surface area contributed by atoms with Crippen molar-refractivity contribution in [3.05, 3.63) is 48.0 Å². The quantitative estimate of drug-likeness (QED) is 0.746. The first kappa shape index (κ1) is 17.0. The summed E-state index contributed by atoms with van der Waals surface area (Å²) >= 11 is 0. The van der Waals surface area contributed by atoms with Crippen LogP contribution in [0.5, 0.6) is 23.0 Å². The second kappa shape index (κ2) is 8.28. The Hall–Kier alpha value is -2.89. The highest BCUT2D eigenvalue weighted by atomic mass is 16.7. The lowest BCUT2D eigenvalue weighted by molar-refractivity contribution is -0.123. The normalized spacial score (nSPS) is 11.9. The van der Waals surface area contributed by atoms with E-state index in [-0.39, 0.29) is 19.3 Å². The second-order valence-corrected chi connectivity index (χ2v) is 5.58. The molecule has 0 aromatic heterocycles. The van der Waals surface area contributed by atoms with Crippen LogP contribution in [0, 0.1) is 0 Å². The zero-order chi connectivity index (χ0) is 17.5. The molecule has 0 unspecified atom stereocenters. The van der Waals surface area contributed by atoms with E-state index in [0.717, 1.165) is 29.9 Å². The third-order valence-corrected chi connectivity index (χ3v) is 3.83. The van der Waals surface area contributed by atoms with Crippen LogP contribution >= 0.6 is 0 Å². The van der Waals surface area contributed by atoms with E-state index in [4.69, 9.17) is 18.9 Å². The first-order valence-corrected chi connectivity index (χ1v) is 8.17. The number of amides is 1. The van der Waals surface area contributed by atoms with Gasteiger partial charge in [-0.3, -0.25) is 4.79 Å². The van der Waals surface area contributed by atoms with Crippen molar-refractivity contribution in [3.63, 3.8) is 0 Å². The average Bonchev–Trinajstić information content (AvgIpc) is 3.11. The number of benzene rings is 2. The first-order valence-electron chi connectivity index (χ1n) is 8.17. The Labute approximate surface area is 146 Å². The summed E-state index contributed by atoms with van der Waals surface area (Å²) in [7, 11) is 1.57. The van der Waals surface area contributed by atoms with Crippen LogP contribution in [0.2, 0.25) is 0 Å². The highest BCUT2D eigenvalue weighted by Gasteiger charge is 2.13. The number of aryl methyl sites for hydroxylation is 1. The Morgan fingerprint density at radius 2 is 1.92 bits per heavy atom. The molecule has 6 heteroatoms. The molecule has 0 bridgehead atoms. The number of carbonyl (C=O) groups excluding carboxylic acids is 1. The lowest BCUT2D eigenvalue weighted by atomic mass is 10.1. The van der Waals surface area contributed by atoms with Gasteiger partial charge in [-0.1, -0.05) is 18.2 Å². The van der Waals surface area contributed by atoms with Gasteiger partial charge >= 0.3 is 0 Å². The van der Waals surface area contributed by atoms with Crippen molar-refractivity contribution in [2.45, 2.75) is 12.8 Å². The number of fused-ring (bicyclic) bond motifs is 1. The maximum absolute atomic E-state index is 11.9. The summed E-state index contributed by atoms with van der Waals surface area (Å²) in [6.45, 7) is 0.827. The van der Waals surface area contributed by atoms with Crippen molar-refractivity contribution < 1.29 is 23.7 Å². The van der Waals surface area contributed by atoms with Gasteiger partial charge in [-0.05, 0) is 42.7 Å². The molecular weight excluding hydrogens is 322 g/mol. The maximum atomic E-state index is 11.9. The molecule has 0 saturated carbocycles. The van der Waals surface area contributed by atoms with Gasteiger partial charge < -0.3 is 24.3 Å². The summed E-state index contributed by atoms with van der Waals surface area (Å²) in [5.41, 5.74) is 1.16. The fraction of sp³-hybridized carbons (Fsp3) is 0.316. The van der Waals surface area contributed by atoms with Gasteiger partial charge in [0.05, 0.1) is 7.11 Å². The van der Waals surface area contributed by atoms with E-state index >= 15 is 0 Å². The molecule has 0 aliphatic carbocycles. The van der Waals surface area contributed by atoms with E-state index < -0.39 is 0 Å². The monoisotopic (exact) mass is 343 g/mol. The predicted octanol–water partition coefficient (Wildman–Crippen LogP) is 2.55. The second-order valence-electron chi connectivity index (χ2n) is 5.58. The zero-order valence-electron chi connectivity index (χ0n) is 14.1. The van der Waals surface area contributed by atoms with Gasteiger partial charge in [0.1, 0.15) is 0 Å². The van der Waals surface area contributed by atoms with E-state index in [0.29, 0.717) is 18.0 Å². The van der Waals surface area contributed by atoms with Gasteiger partial charge in [-0.2, -0.15) is 0 Å². The minimum absolute atomic E-state index is 0.0373. The number of hydrogen-bond donors (Lipinski definition) is 1. The number of ether oxygens (including phenoxy) is 4. The molecule has 132 valence electrons. The Kier molecular flexibility index (Phi) is 5.61. The van der Waals surface area contributed by atoms with E-state index in [9.17, 15) is 4.79 Å². The molecule has 0 saturated heterocycles. The van der Waals surface area contributed by atoms with Gasteiger partial charge in [-0.25, -0.2) is 0 Å². The smallest absolute Gasteiger partial charge is 0.257 e. The molecule has 3 rings (SSSR count). The molecule has 0 atom stereocenters. The lowest BCUT2D eigenvalue weighted by Crippen LogP contribution is -2.30. The van der Waals surface area contributed by atoms with Crippen molar-refractivity contribution in [1.29, 1.82) is 0 Å². The largest absolute Gasteiger partial charge is 0.493 e. The molecule has 1 aliphatic heterocycles. The van der Waals surface area contributed by atoms with Crippen LogP contribution in [0.3, 0.4) is 0 Å². The topological polar surface area (TPSA) is 66.0 Å². The van der Waals surface area contributed by atoms with E-state index in [1.54, 1.807) is 19.2 Å². The zero-order valence-corrected chi connectivity index (χ0v) is 14.1. The molecular formula is C19H21NO5. The molecule has 0 radical (unpaired) electrons. The summed E-state index contributed by atoms with van der Waals surface area (Å²) in [5, 5.41) is 2.85. The van der Waals surface area contributed by atoms with Crippen LogP contribution in [0.15, 0.2) is 42.5 Å². The molecule has 0 spiro atoms. The van der Waals surface area contributed by atoms with Crippen LogP contribution in [0.1, 0.15) is 12.0 Å². The number of methoxy groups -OCH3 is 1. The number of nitrogens with one attached hydrogen (secondary N) is 1. The minimum atomic E-state index is -0.156. The molecule has 25 heavy (non-hydrogen) atoms. The van der Waals surface area contributed by atoms with Gasteiger partial charge in [0.25, 0.3) is 5.91 Å². The van der Waals surface area contributed by atoms with Crippen LogP contribution in [-0.4, -0.2) is 33.0 Å². The summed E-state index contributed by atoms with van der Waals surface area (Å²) in [4.78, 5) is 11.9. The molecule has 2 aromatic rings. The van der Waals surface area contributed by atoms with Crippen molar-refractivity contribution in [2.24, 2.45) is 0 Å². The van der Waals surface area contributed by atoms with Crippen LogP contribution in [0.4, 0.5) is 0 Å². The van der Waals surface area contributed by atoms with Gasteiger partial charge in [0, 0.05) is 6.54 Å². The third-order valence-electron chi connectivity index (χ3n) is 3.83. The Bertz CT molecular complexity index is 732. The molecule has 1 heterocycles. The molecule has 0 fully saturated rings. The summed E-state index contributed by atoms with van der Waals surface area (Å²) in [5.74, 6) is 2.58. The highest BCUT2D eigenvalue weighted by molar-refractivity contribution is 5.77. The van der Waals surface area contributed by atoms with E-state index in [1.807, 2.05) is 30.3 Å². The Morgan fingerprint density at radius 1 is 1.12 bits per heavy atom. The molecule has 2 aromatic carbocycles. The number of para-hydroxylation sites is 2. The lowest BCUT2D eigenvalue weighted by Gasteiger charge is -2.10. The molecule has 6 nitrogen and oxygen atoms in total. The van der Waals surface area contributed by atoms with Crippen LogP contribution in [0.25, 0.3) is 0 Å². The fourth-order valence-corrected chi connectivity index (χ4v) is 2.55. The number of hydrogen-bond acceptors (Lipinski definition) is 5. The van der Waals surface area contributed by atoms with Crippen LogP contribution < -0.4 is 24.3 Å². The fourth-order valence-electron chi connectivity index (χ4n) is 2.55. The third kappa shape index (κ3) is 4.56. The number of rotatable bonds is 8. The van der Waals surface area contributed by atoms with Gasteiger partial charge in [0.15, 0.2) is 29.6 Å². The summed E-state index contributed by atoms with van der Waals surface area (Å²) in [6, 6.07) is 13.2. The maximum Gasteiger partial charge on any atom is 0.257 e. The van der Waals surface area contributed by atoms with E-state index in [2.05, 4.69) is 5.32 Å². The number of carbonyl (C=O) groups is 1. The van der Waals surface area contributed by atoms with Gasteiger partial charge in [0.2, 0.25) is 6.79 Å². The SMILES string of the molecule is COc1ccccc1OCC(=O)NCCCc1ccc2c(c1)OCO2. The average molecular weight is 343 g/mol. The van der Waals surface area contributed by atoms with Gasteiger partial charge in [-0.15, -0.1) is 0 Å². The first-order chi connectivity index (χ1) is 12.3. The standard InChI is InChI=1S/C19H21NO5/c1-22-15-6-2-3-7-16(15)23-12-19(21)20-10-4-5-14-8-9-17-18(11-14)25-13-24-17/h2-3,6-9,11H,4-5,10,12-13H2,1H3,(H,20,21). The van der Waals surface area contributed by atoms with E-state index in [1.165, 1.54) is 0 Å².